The molecule has 0 saturated carbocycles. The first-order chi connectivity index (χ1) is 8.79. The normalized spacial score (nSPS) is 12.6. The van der Waals surface area contributed by atoms with Gasteiger partial charge in [-0.1, -0.05) is 0 Å². The average Bonchev–Trinajstić information content (AvgIpc) is 2.24. The van der Waals surface area contributed by atoms with Crippen LogP contribution in [-0.4, -0.2) is 23.3 Å². The van der Waals surface area contributed by atoms with Gasteiger partial charge in [-0.25, -0.2) is 13.2 Å². The highest BCUT2D eigenvalue weighted by atomic mass is 19.2. The van der Waals surface area contributed by atoms with Gasteiger partial charge in [0.15, 0.2) is 11.6 Å². The third-order valence-electron chi connectivity index (χ3n) is 2.31. The van der Waals surface area contributed by atoms with E-state index in [0.717, 1.165) is 0 Å². The van der Waals surface area contributed by atoms with Gasteiger partial charge in [0, 0.05) is 12.5 Å². The zero-order valence-electron chi connectivity index (χ0n) is 10.6. The average molecular weight is 276 g/mol. The Morgan fingerprint density at radius 1 is 1.21 bits per heavy atom. The summed E-state index contributed by atoms with van der Waals surface area (Å²) in [5.74, 6) is -4.09. The van der Waals surface area contributed by atoms with E-state index in [9.17, 15) is 23.1 Å². The second-order valence-corrected chi connectivity index (χ2v) is 4.46. The van der Waals surface area contributed by atoms with Crippen LogP contribution in [0.4, 0.5) is 13.2 Å². The van der Waals surface area contributed by atoms with Crippen LogP contribution in [0.3, 0.4) is 0 Å². The number of benzene rings is 1. The van der Waals surface area contributed by atoms with E-state index in [-0.39, 0.29) is 24.5 Å². The van der Waals surface area contributed by atoms with Crippen molar-refractivity contribution in [2.24, 2.45) is 0 Å². The molecule has 6 heteroatoms. The molecule has 0 aromatic heterocycles. The highest BCUT2D eigenvalue weighted by Gasteiger charge is 2.17. The minimum atomic E-state index is -1.30. The lowest BCUT2D eigenvalue weighted by atomic mass is 10.0. The first kappa shape index (κ1) is 15.5. The second-order valence-electron chi connectivity index (χ2n) is 4.46. The largest absolute Gasteiger partial charge is 0.463 e. The lowest BCUT2D eigenvalue weighted by Gasteiger charge is -2.13. The van der Waals surface area contributed by atoms with E-state index in [2.05, 4.69) is 0 Å². The van der Waals surface area contributed by atoms with Crippen molar-refractivity contribution in [1.29, 1.82) is 0 Å². The van der Waals surface area contributed by atoms with Crippen LogP contribution in [0.1, 0.15) is 25.8 Å². The molecule has 1 aromatic carbocycles. The molecule has 1 N–H and O–H groups in total. The Morgan fingerprint density at radius 2 is 1.79 bits per heavy atom. The fourth-order valence-electron chi connectivity index (χ4n) is 1.55. The summed E-state index contributed by atoms with van der Waals surface area (Å²) < 4.78 is 43.7. The lowest BCUT2D eigenvalue weighted by Crippen LogP contribution is -2.21. The van der Waals surface area contributed by atoms with E-state index in [1.54, 1.807) is 13.8 Å². The third kappa shape index (κ3) is 4.90. The van der Waals surface area contributed by atoms with Gasteiger partial charge in [0.05, 0.1) is 18.6 Å². The number of hydrogen-bond acceptors (Lipinski definition) is 3. The molecule has 1 atom stereocenters. The van der Waals surface area contributed by atoms with E-state index in [0.29, 0.717) is 12.1 Å². The van der Waals surface area contributed by atoms with Gasteiger partial charge in [-0.15, -0.1) is 0 Å². The van der Waals surface area contributed by atoms with Crippen molar-refractivity contribution in [3.8, 4) is 0 Å². The van der Waals surface area contributed by atoms with E-state index in [1.165, 1.54) is 0 Å². The minimum Gasteiger partial charge on any atom is -0.463 e. The lowest BCUT2D eigenvalue weighted by molar-refractivity contribution is -0.149. The first-order valence-electron chi connectivity index (χ1n) is 5.80. The van der Waals surface area contributed by atoms with Crippen LogP contribution in [0.15, 0.2) is 12.1 Å². The molecular weight excluding hydrogens is 261 g/mol. The number of rotatable bonds is 5. The fraction of sp³-hybridized carbons (Fsp3) is 0.462. The standard InChI is InChI=1S/C13H15F3O3/c1-7(2)19-13(18)5-9(17)3-8-4-11(15)12(16)6-10(8)14/h4,6-7,9,17H,3,5H2,1-2H3. The summed E-state index contributed by atoms with van der Waals surface area (Å²) in [4.78, 5) is 11.3. The van der Waals surface area contributed by atoms with Crippen molar-refractivity contribution in [2.45, 2.75) is 38.9 Å². The molecule has 0 aliphatic carbocycles. The van der Waals surface area contributed by atoms with Crippen molar-refractivity contribution in [1.82, 2.24) is 0 Å². The summed E-state index contributed by atoms with van der Waals surface area (Å²) in [6.07, 6.45) is -2.17. The van der Waals surface area contributed by atoms with Gasteiger partial charge in [0.2, 0.25) is 0 Å². The Balaban J connectivity index is 2.64. The van der Waals surface area contributed by atoms with Gasteiger partial charge < -0.3 is 9.84 Å². The molecule has 1 unspecified atom stereocenters. The summed E-state index contributed by atoms with van der Waals surface area (Å²) in [6.45, 7) is 3.30. The van der Waals surface area contributed by atoms with Crippen LogP contribution in [0.2, 0.25) is 0 Å². The second kappa shape index (κ2) is 6.56. The number of carbonyl (C=O) groups is 1. The first-order valence-corrected chi connectivity index (χ1v) is 5.80. The van der Waals surface area contributed by atoms with Gasteiger partial charge in [0.1, 0.15) is 5.82 Å². The summed E-state index contributed by atoms with van der Waals surface area (Å²) >= 11 is 0. The van der Waals surface area contributed by atoms with Crippen LogP contribution in [0.5, 0.6) is 0 Å². The molecule has 0 amide bonds. The topological polar surface area (TPSA) is 46.5 Å². The maximum Gasteiger partial charge on any atom is 0.308 e. The maximum absolute atomic E-state index is 13.3. The molecule has 0 bridgehead atoms. The molecule has 106 valence electrons. The number of halogens is 3. The number of esters is 1. The number of hydrogen-bond donors (Lipinski definition) is 1. The van der Waals surface area contributed by atoms with Gasteiger partial charge in [0.25, 0.3) is 0 Å². The van der Waals surface area contributed by atoms with Gasteiger partial charge in [-0.05, 0) is 25.5 Å². The molecule has 19 heavy (non-hydrogen) atoms. The SMILES string of the molecule is CC(C)OC(=O)CC(O)Cc1cc(F)c(F)cc1F. The predicted octanol–water partition coefficient (Wildman–Crippen LogP) is 2.35. The Hall–Kier alpha value is -1.56. The minimum absolute atomic E-state index is 0.191. The van der Waals surface area contributed by atoms with E-state index in [1.807, 2.05) is 0 Å². The number of aliphatic hydroxyl groups excluding tert-OH is 1. The number of ether oxygens (including phenoxy) is 1. The molecule has 0 saturated heterocycles. The van der Waals surface area contributed by atoms with Gasteiger partial charge in [-0.3, -0.25) is 4.79 Å². The molecule has 0 spiro atoms. The molecule has 0 heterocycles. The number of aliphatic hydroxyl groups is 1. The summed E-state index contributed by atoms with van der Waals surface area (Å²) in [6, 6.07) is 1.07. The molecule has 0 fully saturated rings. The quantitative estimate of drug-likeness (QED) is 0.663. The molecular formula is C13H15F3O3. The Morgan fingerprint density at radius 3 is 2.37 bits per heavy atom. The predicted molar refractivity (Wildman–Crippen MR) is 61.9 cm³/mol. The number of carbonyl (C=O) groups excluding carboxylic acids is 1. The van der Waals surface area contributed by atoms with Crippen molar-refractivity contribution >= 4 is 5.97 Å². The Kier molecular flexibility index (Phi) is 5.35. The zero-order valence-corrected chi connectivity index (χ0v) is 10.6. The molecule has 3 nitrogen and oxygen atoms in total. The molecule has 0 aliphatic heterocycles. The van der Waals surface area contributed by atoms with E-state index in [4.69, 9.17) is 4.74 Å². The Labute approximate surface area is 109 Å². The van der Waals surface area contributed by atoms with Crippen molar-refractivity contribution in [2.75, 3.05) is 0 Å². The summed E-state index contributed by atoms with van der Waals surface area (Å²) in [5.41, 5.74) is -0.191. The summed E-state index contributed by atoms with van der Waals surface area (Å²) in [5, 5.41) is 9.59. The van der Waals surface area contributed by atoms with Crippen LogP contribution < -0.4 is 0 Å². The van der Waals surface area contributed by atoms with Crippen LogP contribution in [0.25, 0.3) is 0 Å². The summed E-state index contributed by atoms with van der Waals surface area (Å²) in [7, 11) is 0. The maximum atomic E-state index is 13.3. The van der Waals surface area contributed by atoms with Crippen LogP contribution in [-0.2, 0) is 16.0 Å². The highest BCUT2D eigenvalue weighted by Crippen LogP contribution is 2.16. The molecule has 0 aliphatic rings. The monoisotopic (exact) mass is 276 g/mol. The van der Waals surface area contributed by atoms with Crippen molar-refractivity contribution in [3.63, 3.8) is 0 Å². The van der Waals surface area contributed by atoms with E-state index >= 15 is 0 Å². The smallest absolute Gasteiger partial charge is 0.308 e. The highest BCUT2D eigenvalue weighted by molar-refractivity contribution is 5.70. The molecule has 1 rings (SSSR count). The fourth-order valence-corrected chi connectivity index (χ4v) is 1.55. The Bertz CT molecular complexity index is 461. The molecule has 0 radical (unpaired) electrons. The zero-order chi connectivity index (χ0) is 14.6. The van der Waals surface area contributed by atoms with Crippen molar-refractivity contribution < 1.29 is 27.8 Å². The van der Waals surface area contributed by atoms with E-state index < -0.39 is 29.5 Å². The third-order valence-corrected chi connectivity index (χ3v) is 2.31. The van der Waals surface area contributed by atoms with Gasteiger partial charge in [-0.2, -0.15) is 0 Å². The van der Waals surface area contributed by atoms with Crippen LogP contribution in [0, 0.1) is 17.5 Å². The van der Waals surface area contributed by atoms with Crippen molar-refractivity contribution in [3.05, 3.63) is 35.1 Å². The van der Waals surface area contributed by atoms with Crippen LogP contribution >= 0.6 is 0 Å². The van der Waals surface area contributed by atoms with Gasteiger partial charge >= 0.3 is 5.97 Å². The molecule has 1 aromatic rings.